The maximum Gasteiger partial charge on any atom is 0.332 e. The van der Waals surface area contributed by atoms with E-state index in [1.807, 2.05) is 0 Å². The van der Waals surface area contributed by atoms with Gasteiger partial charge in [-0.15, -0.1) is 3.89 Å². The molecule has 5 nitrogen and oxygen atoms in total. The van der Waals surface area contributed by atoms with Gasteiger partial charge < -0.3 is 0 Å². The molecule has 2 atom stereocenters. The van der Waals surface area contributed by atoms with Crippen LogP contribution in [0.4, 0.5) is 3.89 Å². The van der Waals surface area contributed by atoms with Crippen molar-refractivity contribution < 1.29 is 20.7 Å². The molecule has 0 saturated heterocycles. The van der Waals surface area contributed by atoms with E-state index >= 15 is 0 Å². The fourth-order valence-corrected chi connectivity index (χ4v) is 4.34. The van der Waals surface area contributed by atoms with Crippen molar-refractivity contribution in [3.05, 3.63) is 24.3 Å². The van der Waals surface area contributed by atoms with E-state index in [1.165, 1.54) is 12.1 Å². The Hall–Kier alpha value is -0.990. The van der Waals surface area contributed by atoms with Crippen molar-refractivity contribution in [1.82, 2.24) is 4.72 Å². The monoisotopic (exact) mass is 335 g/mol. The molecule has 21 heavy (non-hydrogen) atoms. The van der Waals surface area contributed by atoms with Crippen LogP contribution < -0.4 is 4.72 Å². The standard InChI is InChI=1S/C13H18FNO4S2/c1-10-4-2-5-11(10)9-15-21(18,19)13-7-3-6-12(8-13)20(14,16)17/h3,6-8,10-11,15H,2,4-5,9H2,1H3. The van der Waals surface area contributed by atoms with Gasteiger partial charge in [0.2, 0.25) is 10.0 Å². The van der Waals surface area contributed by atoms with Crippen molar-refractivity contribution >= 4 is 20.2 Å². The molecule has 1 aliphatic rings. The number of rotatable bonds is 5. The van der Waals surface area contributed by atoms with Crippen molar-refractivity contribution in [3.8, 4) is 0 Å². The van der Waals surface area contributed by atoms with Crippen molar-refractivity contribution in [2.45, 2.75) is 36.0 Å². The summed E-state index contributed by atoms with van der Waals surface area (Å²) in [5.41, 5.74) is 0. The molecule has 0 bridgehead atoms. The highest BCUT2D eigenvalue weighted by atomic mass is 32.3. The largest absolute Gasteiger partial charge is 0.332 e. The molecular formula is C13H18FNO4S2. The van der Waals surface area contributed by atoms with E-state index in [4.69, 9.17) is 0 Å². The molecule has 8 heteroatoms. The molecule has 1 fully saturated rings. The van der Waals surface area contributed by atoms with E-state index in [1.54, 1.807) is 0 Å². The van der Waals surface area contributed by atoms with Crippen LogP contribution in [0.5, 0.6) is 0 Å². The Kier molecular flexibility index (Phi) is 4.69. The molecular weight excluding hydrogens is 317 g/mol. The molecule has 0 heterocycles. The van der Waals surface area contributed by atoms with Gasteiger partial charge >= 0.3 is 10.2 Å². The van der Waals surface area contributed by atoms with Gasteiger partial charge in [0.05, 0.1) is 9.79 Å². The summed E-state index contributed by atoms with van der Waals surface area (Å²) in [7, 11) is -8.75. The normalized spacial score (nSPS) is 23.3. The Bertz CT molecular complexity index is 715. The van der Waals surface area contributed by atoms with Gasteiger partial charge in [-0.25, -0.2) is 13.1 Å². The van der Waals surface area contributed by atoms with Crippen LogP contribution in [-0.2, 0) is 20.2 Å². The minimum atomic E-state index is -4.92. The van der Waals surface area contributed by atoms with Gasteiger partial charge in [0.25, 0.3) is 0 Å². The van der Waals surface area contributed by atoms with Gasteiger partial charge in [-0.1, -0.05) is 25.8 Å². The van der Waals surface area contributed by atoms with Crippen LogP contribution in [0.25, 0.3) is 0 Å². The van der Waals surface area contributed by atoms with Crippen molar-refractivity contribution in [3.63, 3.8) is 0 Å². The lowest BCUT2D eigenvalue weighted by molar-refractivity contribution is 0.414. The Morgan fingerprint density at radius 1 is 1.19 bits per heavy atom. The first-order chi connectivity index (χ1) is 9.70. The van der Waals surface area contributed by atoms with E-state index < -0.39 is 25.1 Å². The topological polar surface area (TPSA) is 80.3 Å². The SMILES string of the molecule is CC1CCCC1CNS(=O)(=O)c1cccc(S(=O)(=O)F)c1. The van der Waals surface area contributed by atoms with Crippen molar-refractivity contribution in [1.29, 1.82) is 0 Å². The summed E-state index contributed by atoms with van der Waals surface area (Å²) in [5.74, 6) is 0.748. The first kappa shape index (κ1) is 16.4. The summed E-state index contributed by atoms with van der Waals surface area (Å²) in [4.78, 5) is -0.897. The molecule has 1 aromatic carbocycles. The van der Waals surface area contributed by atoms with E-state index in [0.717, 1.165) is 31.4 Å². The molecule has 0 spiro atoms. The van der Waals surface area contributed by atoms with Crippen LogP contribution in [0.1, 0.15) is 26.2 Å². The van der Waals surface area contributed by atoms with Crippen LogP contribution in [0, 0.1) is 11.8 Å². The number of benzene rings is 1. The molecule has 1 saturated carbocycles. The molecule has 0 radical (unpaired) electrons. The third-order valence-electron chi connectivity index (χ3n) is 3.97. The maximum absolute atomic E-state index is 12.9. The number of hydrogen-bond donors (Lipinski definition) is 1. The van der Waals surface area contributed by atoms with Crippen molar-refractivity contribution in [2.75, 3.05) is 6.54 Å². The summed E-state index contributed by atoms with van der Waals surface area (Å²) in [6.45, 7) is 2.40. The first-order valence-corrected chi connectivity index (χ1v) is 9.61. The zero-order valence-electron chi connectivity index (χ0n) is 11.6. The van der Waals surface area contributed by atoms with E-state index in [0.29, 0.717) is 12.5 Å². The molecule has 0 amide bonds. The minimum absolute atomic E-state index is 0.244. The number of halogens is 1. The van der Waals surface area contributed by atoms with Crippen LogP contribution in [0.3, 0.4) is 0 Å². The summed E-state index contributed by atoms with van der Waals surface area (Å²) >= 11 is 0. The predicted molar refractivity (Wildman–Crippen MR) is 76.4 cm³/mol. The summed E-state index contributed by atoms with van der Waals surface area (Å²) < 4.78 is 61.4. The van der Waals surface area contributed by atoms with Gasteiger partial charge in [0, 0.05) is 6.54 Å². The third kappa shape index (κ3) is 4.02. The van der Waals surface area contributed by atoms with Gasteiger partial charge in [-0.3, -0.25) is 0 Å². The van der Waals surface area contributed by atoms with E-state index in [2.05, 4.69) is 11.6 Å². The predicted octanol–water partition coefficient (Wildman–Crippen LogP) is 2.06. The highest BCUT2D eigenvalue weighted by Gasteiger charge is 2.26. The molecule has 118 valence electrons. The van der Waals surface area contributed by atoms with E-state index in [9.17, 15) is 20.7 Å². The molecule has 0 aliphatic heterocycles. The average molecular weight is 335 g/mol. The number of sulfonamides is 1. The lowest BCUT2D eigenvalue weighted by Crippen LogP contribution is -2.30. The Morgan fingerprint density at radius 3 is 2.43 bits per heavy atom. The molecule has 1 aliphatic carbocycles. The Balaban J connectivity index is 2.16. The molecule has 1 aromatic rings. The fraction of sp³-hybridized carbons (Fsp3) is 0.538. The quantitative estimate of drug-likeness (QED) is 0.835. The second-order valence-corrected chi connectivity index (χ2v) is 8.55. The lowest BCUT2D eigenvalue weighted by atomic mass is 9.99. The minimum Gasteiger partial charge on any atom is -0.211 e. The van der Waals surface area contributed by atoms with Crippen molar-refractivity contribution in [2.24, 2.45) is 11.8 Å². The van der Waals surface area contributed by atoms with Crippen LogP contribution in [0.15, 0.2) is 34.1 Å². The van der Waals surface area contributed by atoms with Gasteiger partial charge in [0.15, 0.2) is 0 Å². The van der Waals surface area contributed by atoms with E-state index in [-0.39, 0.29) is 10.8 Å². The smallest absolute Gasteiger partial charge is 0.211 e. The zero-order chi connectivity index (χ0) is 15.7. The molecule has 2 unspecified atom stereocenters. The van der Waals surface area contributed by atoms with Gasteiger partial charge in [0.1, 0.15) is 0 Å². The summed E-state index contributed by atoms with van der Waals surface area (Å²) in [6, 6.07) is 4.30. The summed E-state index contributed by atoms with van der Waals surface area (Å²) in [5, 5.41) is 0. The number of nitrogens with one attached hydrogen (secondary N) is 1. The van der Waals surface area contributed by atoms with Gasteiger partial charge in [-0.05, 0) is 36.5 Å². The summed E-state index contributed by atoms with van der Waals surface area (Å²) in [6.07, 6.45) is 3.15. The number of hydrogen-bond acceptors (Lipinski definition) is 4. The van der Waals surface area contributed by atoms with Crippen LogP contribution in [-0.4, -0.2) is 23.4 Å². The highest BCUT2D eigenvalue weighted by Crippen LogP contribution is 2.30. The third-order valence-corrected chi connectivity index (χ3v) is 6.21. The zero-order valence-corrected chi connectivity index (χ0v) is 13.3. The second kappa shape index (κ2) is 6.02. The second-order valence-electron chi connectivity index (χ2n) is 5.43. The maximum atomic E-state index is 12.9. The Morgan fingerprint density at radius 2 is 1.86 bits per heavy atom. The average Bonchev–Trinajstić information content (AvgIpc) is 2.81. The van der Waals surface area contributed by atoms with Crippen LogP contribution >= 0.6 is 0 Å². The lowest BCUT2D eigenvalue weighted by Gasteiger charge is -2.16. The molecule has 0 aromatic heterocycles. The fourth-order valence-electron chi connectivity index (χ4n) is 2.62. The first-order valence-electron chi connectivity index (χ1n) is 6.74. The molecule has 1 N–H and O–H groups in total. The van der Waals surface area contributed by atoms with Gasteiger partial charge in [-0.2, -0.15) is 8.42 Å². The molecule has 2 rings (SSSR count). The van der Waals surface area contributed by atoms with Crippen LogP contribution in [0.2, 0.25) is 0 Å². The highest BCUT2D eigenvalue weighted by molar-refractivity contribution is 7.89. The Labute approximate surface area is 124 Å².